The van der Waals surface area contributed by atoms with Gasteiger partial charge in [-0.25, -0.2) is 4.98 Å². The molecule has 1 aliphatic rings. The molecule has 0 bridgehead atoms. The summed E-state index contributed by atoms with van der Waals surface area (Å²) in [5.41, 5.74) is 4.64. The first-order valence-electron chi connectivity index (χ1n) is 9.75. The van der Waals surface area contributed by atoms with Crippen molar-refractivity contribution < 1.29 is 4.79 Å². The zero-order valence-corrected chi connectivity index (χ0v) is 16.2. The molecule has 4 rings (SSSR count). The van der Waals surface area contributed by atoms with E-state index < -0.39 is 0 Å². The number of hydrogen-bond donors (Lipinski definition) is 1. The first-order valence-corrected chi connectivity index (χ1v) is 9.75. The molecule has 0 aliphatic heterocycles. The van der Waals surface area contributed by atoms with E-state index in [2.05, 4.69) is 29.5 Å². The fourth-order valence-electron chi connectivity index (χ4n) is 3.77. The van der Waals surface area contributed by atoms with Gasteiger partial charge in [0.25, 0.3) is 5.91 Å². The van der Waals surface area contributed by atoms with E-state index in [9.17, 15) is 4.79 Å². The Bertz CT molecular complexity index is 973. The second-order valence-electron chi connectivity index (χ2n) is 7.50. The maximum absolute atomic E-state index is 13.1. The van der Waals surface area contributed by atoms with Crippen LogP contribution in [0.25, 0.3) is 11.0 Å². The maximum atomic E-state index is 13.1. The predicted molar refractivity (Wildman–Crippen MR) is 107 cm³/mol. The van der Waals surface area contributed by atoms with E-state index in [1.807, 2.05) is 38.2 Å². The van der Waals surface area contributed by atoms with Gasteiger partial charge in [-0.15, -0.1) is 0 Å². The molecule has 0 saturated heterocycles. The average Bonchev–Trinajstić information content (AvgIpc) is 3.49. The quantitative estimate of drug-likeness (QED) is 0.719. The molecule has 3 aromatic rings. The molecule has 0 spiro atoms. The second kappa shape index (κ2) is 7.14. The van der Waals surface area contributed by atoms with Crippen molar-refractivity contribution in [1.82, 2.24) is 20.1 Å². The van der Waals surface area contributed by atoms with Crippen LogP contribution in [-0.2, 0) is 7.05 Å². The molecule has 5 heteroatoms. The van der Waals surface area contributed by atoms with Crippen LogP contribution in [0.3, 0.4) is 0 Å². The molecule has 1 N–H and O–H groups in total. The van der Waals surface area contributed by atoms with Crippen molar-refractivity contribution in [1.29, 1.82) is 0 Å². The highest BCUT2D eigenvalue weighted by molar-refractivity contribution is 6.06. The smallest absolute Gasteiger partial charge is 0.252 e. The third-order valence-electron chi connectivity index (χ3n) is 5.50. The first-order chi connectivity index (χ1) is 13.1. The lowest BCUT2D eigenvalue weighted by Crippen LogP contribution is -2.28. The number of pyridine rings is 1. The lowest BCUT2D eigenvalue weighted by atomic mass is 9.96. The fraction of sp³-hybridized carbons (Fsp3) is 0.409. The van der Waals surface area contributed by atoms with E-state index in [0.717, 1.165) is 41.7 Å². The normalized spacial score (nSPS) is 15.1. The monoisotopic (exact) mass is 362 g/mol. The van der Waals surface area contributed by atoms with Crippen LogP contribution in [0.4, 0.5) is 0 Å². The minimum absolute atomic E-state index is 0.0326. The lowest BCUT2D eigenvalue weighted by molar-refractivity contribution is 0.0952. The van der Waals surface area contributed by atoms with Crippen molar-refractivity contribution in [3.8, 4) is 0 Å². The van der Waals surface area contributed by atoms with Gasteiger partial charge >= 0.3 is 0 Å². The molecular weight excluding hydrogens is 336 g/mol. The number of nitrogens with one attached hydrogen (secondary N) is 1. The van der Waals surface area contributed by atoms with E-state index in [0.29, 0.717) is 23.9 Å². The van der Waals surface area contributed by atoms with E-state index in [-0.39, 0.29) is 5.91 Å². The van der Waals surface area contributed by atoms with Crippen LogP contribution < -0.4 is 5.32 Å². The Morgan fingerprint density at radius 2 is 2.04 bits per heavy atom. The Morgan fingerprint density at radius 1 is 1.30 bits per heavy atom. The zero-order chi connectivity index (χ0) is 19.0. The third-order valence-corrected chi connectivity index (χ3v) is 5.50. The van der Waals surface area contributed by atoms with Gasteiger partial charge in [-0.1, -0.05) is 37.3 Å². The molecule has 140 valence electrons. The summed E-state index contributed by atoms with van der Waals surface area (Å²) in [7, 11) is 1.89. The zero-order valence-electron chi connectivity index (χ0n) is 16.2. The molecular formula is C22H26N4O. The SMILES string of the molecule is CCC(CNC(=O)c1cc(C2CC2)nc2c1c(C)nn2C)c1ccccc1. The number of amides is 1. The standard InChI is InChI=1S/C22H26N4O/c1-4-15(16-8-6-5-7-9-16)13-23-22(27)18-12-19(17-10-11-17)24-21-20(18)14(2)25-26(21)3/h5-9,12,15,17H,4,10-11,13H2,1-3H3,(H,23,27). The molecule has 1 amide bonds. The van der Waals surface area contributed by atoms with Crippen molar-refractivity contribution in [2.75, 3.05) is 6.54 Å². The number of benzene rings is 1. The van der Waals surface area contributed by atoms with Crippen molar-refractivity contribution in [3.05, 3.63) is 58.9 Å². The van der Waals surface area contributed by atoms with Crippen molar-refractivity contribution in [3.63, 3.8) is 0 Å². The highest BCUT2D eigenvalue weighted by Crippen LogP contribution is 2.40. The molecule has 0 radical (unpaired) electrons. The number of fused-ring (bicyclic) bond motifs is 1. The predicted octanol–water partition coefficient (Wildman–Crippen LogP) is 4.08. The number of carbonyl (C=O) groups is 1. The second-order valence-corrected chi connectivity index (χ2v) is 7.50. The van der Waals surface area contributed by atoms with Gasteiger partial charge in [0.2, 0.25) is 0 Å². The molecule has 1 saturated carbocycles. The number of nitrogens with zero attached hydrogens (tertiary/aromatic N) is 3. The van der Waals surface area contributed by atoms with Crippen molar-refractivity contribution >= 4 is 16.9 Å². The van der Waals surface area contributed by atoms with Gasteiger partial charge < -0.3 is 5.32 Å². The summed E-state index contributed by atoms with van der Waals surface area (Å²) in [6.07, 6.45) is 3.29. The average molecular weight is 362 g/mol. The van der Waals surface area contributed by atoms with E-state index in [1.54, 1.807) is 4.68 Å². The number of carbonyl (C=O) groups excluding carboxylic acids is 1. The summed E-state index contributed by atoms with van der Waals surface area (Å²) in [5.74, 6) is 0.768. The molecule has 1 unspecified atom stereocenters. The van der Waals surface area contributed by atoms with Crippen LogP contribution in [0.15, 0.2) is 36.4 Å². The van der Waals surface area contributed by atoms with E-state index in [4.69, 9.17) is 4.98 Å². The molecule has 2 aromatic heterocycles. The minimum atomic E-state index is -0.0326. The number of aryl methyl sites for hydroxylation is 2. The number of aromatic nitrogens is 3. The lowest BCUT2D eigenvalue weighted by Gasteiger charge is -2.17. The van der Waals surface area contributed by atoms with Gasteiger partial charge in [-0.2, -0.15) is 5.10 Å². The number of hydrogen-bond acceptors (Lipinski definition) is 3. The molecule has 5 nitrogen and oxygen atoms in total. The summed E-state index contributed by atoms with van der Waals surface area (Å²) in [6, 6.07) is 12.4. The molecule has 2 heterocycles. The van der Waals surface area contributed by atoms with Crippen LogP contribution in [0, 0.1) is 6.92 Å². The molecule has 1 aromatic carbocycles. The number of rotatable bonds is 6. The highest BCUT2D eigenvalue weighted by atomic mass is 16.1. The highest BCUT2D eigenvalue weighted by Gasteiger charge is 2.28. The fourth-order valence-corrected chi connectivity index (χ4v) is 3.77. The van der Waals surface area contributed by atoms with Gasteiger partial charge in [0.15, 0.2) is 5.65 Å². The van der Waals surface area contributed by atoms with Crippen LogP contribution >= 0.6 is 0 Å². The van der Waals surface area contributed by atoms with Crippen LogP contribution in [0.5, 0.6) is 0 Å². The van der Waals surface area contributed by atoms with Gasteiger partial charge in [0.1, 0.15) is 0 Å². The summed E-state index contributed by atoms with van der Waals surface area (Å²) in [5, 5.41) is 8.51. The van der Waals surface area contributed by atoms with Gasteiger partial charge in [-0.05, 0) is 37.8 Å². The molecule has 1 aliphatic carbocycles. The molecule has 1 atom stereocenters. The van der Waals surface area contributed by atoms with Crippen LogP contribution in [0.1, 0.15) is 65.3 Å². The summed E-state index contributed by atoms with van der Waals surface area (Å²) in [4.78, 5) is 17.9. The van der Waals surface area contributed by atoms with Crippen LogP contribution in [-0.4, -0.2) is 27.2 Å². The van der Waals surface area contributed by atoms with Gasteiger partial charge in [0, 0.05) is 31.1 Å². The Hall–Kier alpha value is -2.69. The summed E-state index contributed by atoms with van der Waals surface area (Å²) in [6.45, 7) is 4.72. The molecule has 1 fully saturated rings. The van der Waals surface area contributed by atoms with Crippen LogP contribution in [0.2, 0.25) is 0 Å². The maximum Gasteiger partial charge on any atom is 0.252 e. The summed E-state index contributed by atoms with van der Waals surface area (Å²) < 4.78 is 1.78. The van der Waals surface area contributed by atoms with E-state index in [1.165, 1.54) is 5.56 Å². The third kappa shape index (κ3) is 3.46. The Morgan fingerprint density at radius 3 is 2.70 bits per heavy atom. The van der Waals surface area contributed by atoms with E-state index >= 15 is 0 Å². The molecule has 27 heavy (non-hydrogen) atoms. The largest absolute Gasteiger partial charge is 0.351 e. The Kier molecular flexibility index (Phi) is 4.68. The Labute approximate surface area is 159 Å². The van der Waals surface area contributed by atoms with Crippen molar-refractivity contribution in [2.24, 2.45) is 7.05 Å². The van der Waals surface area contributed by atoms with Gasteiger partial charge in [-0.3, -0.25) is 9.48 Å². The van der Waals surface area contributed by atoms with Gasteiger partial charge in [0.05, 0.1) is 16.6 Å². The first kappa shape index (κ1) is 17.7. The summed E-state index contributed by atoms with van der Waals surface area (Å²) >= 11 is 0. The van der Waals surface area contributed by atoms with Crippen molar-refractivity contribution in [2.45, 2.75) is 44.9 Å². The topological polar surface area (TPSA) is 59.8 Å². The minimum Gasteiger partial charge on any atom is -0.351 e. The Balaban J connectivity index is 1.62.